The van der Waals surface area contributed by atoms with Crippen molar-refractivity contribution in [2.75, 3.05) is 13.1 Å². The molecule has 1 atom stereocenters. The van der Waals surface area contributed by atoms with Crippen LogP contribution in [0, 0.1) is 5.82 Å². The van der Waals surface area contributed by atoms with Gasteiger partial charge in [-0.05, 0) is 30.7 Å². The molecule has 0 aromatic heterocycles. The summed E-state index contributed by atoms with van der Waals surface area (Å²) in [5.74, 6) is -3.76. The number of nitrogens with one attached hydrogen (secondary N) is 1. The van der Waals surface area contributed by atoms with Crippen LogP contribution in [0.1, 0.15) is 12.0 Å². The fourth-order valence-electron chi connectivity index (χ4n) is 1.92. The smallest absolute Gasteiger partial charge is 0.292 e. The third kappa shape index (κ3) is 1.70. The highest BCUT2D eigenvalue weighted by Gasteiger charge is 2.54. The molecular formula is C11H12F3NO. The Kier molecular flexibility index (Phi) is 2.67. The van der Waals surface area contributed by atoms with Crippen molar-refractivity contribution in [2.45, 2.75) is 17.9 Å². The maximum atomic E-state index is 13.6. The Labute approximate surface area is 91.1 Å². The fourth-order valence-corrected chi connectivity index (χ4v) is 1.92. The van der Waals surface area contributed by atoms with Crippen molar-refractivity contribution in [2.24, 2.45) is 0 Å². The van der Waals surface area contributed by atoms with E-state index in [1.807, 2.05) is 0 Å². The highest BCUT2D eigenvalue weighted by Crippen LogP contribution is 2.41. The zero-order valence-electron chi connectivity index (χ0n) is 8.51. The van der Waals surface area contributed by atoms with Gasteiger partial charge < -0.3 is 10.4 Å². The number of aliphatic hydroxyl groups is 1. The average molecular weight is 231 g/mol. The summed E-state index contributed by atoms with van der Waals surface area (Å²) < 4.78 is 40.0. The molecule has 1 saturated heterocycles. The van der Waals surface area contributed by atoms with E-state index in [2.05, 4.69) is 5.32 Å². The molecule has 1 aromatic rings. The lowest BCUT2D eigenvalue weighted by atomic mass is 9.82. The van der Waals surface area contributed by atoms with Gasteiger partial charge in [-0.1, -0.05) is 12.1 Å². The largest absolute Gasteiger partial charge is 0.379 e. The molecule has 0 aliphatic carbocycles. The van der Waals surface area contributed by atoms with Crippen LogP contribution in [-0.4, -0.2) is 24.1 Å². The first-order valence-corrected chi connectivity index (χ1v) is 5.03. The summed E-state index contributed by atoms with van der Waals surface area (Å²) in [6, 6.07) is 4.56. The third-order valence-electron chi connectivity index (χ3n) is 2.94. The molecule has 16 heavy (non-hydrogen) atoms. The first kappa shape index (κ1) is 11.4. The van der Waals surface area contributed by atoms with Gasteiger partial charge in [0.15, 0.2) is 5.60 Å². The Bertz CT molecular complexity index is 379. The van der Waals surface area contributed by atoms with Crippen LogP contribution in [0.4, 0.5) is 13.2 Å². The van der Waals surface area contributed by atoms with E-state index in [-0.39, 0.29) is 12.0 Å². The number of piperidine rings is 1. The standard InChI is InChI=1S/C11H12F3NO/c12-9-3-1-8(2-4-9)10(16)5-6-15-7-11(10,13)14/h1-4,15-16H,5-7H2. The molecule has 2 N–H and O–H groups in total. The van der Waals surface area contributed by atoms with Crippen molar-refractivity contribution < 1.29 is 18.3 Å². The molecule has 1 heterocycles. The molecule has 0 amide bonds. The van der Waals surface area contributed by atoms with Crippen LogP contribution in [-0.2, 0) is 5.60 Å². The summed E-state index contributed by atoms with van der Waals surface area (Å²) in [6.45, 7) is -0.260. The van der Waals surface area contributed by atoms with E-state index in [4.69, 9.17) is 0 Å². The molecule has 1 aliphatic heterocycles. The first-order valence-electron chi connectivity index (χ1n) is 5.03. The number of hydrogen-bond acceptors (Lipinski definition) is 2. The van der Waals surface area contributed by atoms with Gasteiger partial charge in [0.25, 0.3) is 5.92 Å². The van der Waals surface area contributed by atoms with Crippen LogP contribution < -0.4 is 5.32 Å². The average Bonchev–Trinajstić information content (AvgIpc) is 2.23. The molecule has 5 heteroatoms. The van der Waals surface area contributed by atoms with E-state index in [0.717, 1.165) is 12.1 Å². The van der Waals surface area contributed by atoms with Crippen molar-refractivity contribution in [1.82, 2.24) is 5.32 Å². The SMILES string of the molecule is OC1(c2ccc(F)cc2)CCNCC1(F)F. The lowest BCUT2D eigenvalue weighted by Gasteiger charge is -2.40. The van der Waals surface area contributed by atoms with Crippen LogP contribution in [0.2, 0.25) is 0 Å². The number of hydrogen-bond donors (Lipinski definition) is 2. The summed E-state index contributed by atoms with van der Waals surface area (Å²) in [5.41, 5.74) is -2.15. The van der Waals surface area contributed by atoms with Crippen molar-refractivity contribution >= 4 is 0 Å². The van der Waals surface area contributed by atoms with E-state index in [1.165, 1.54) is 12.1 Å². The maximum absolute atomic E-state index is 13.6. The number of alkyl halides is 2. The van der Waals surface area contributed by atoms with Gasteiger partial charge in [-0.25, -0.2) is 13.2 Å². The molecule has 0 saturated carbocycles. The molecule has 0 bridgehead atoms. The van der Waals surface area contributed by atoms with Crippen LogP contribution in [0.15, 0.2) is 24.3 Å². The van der Waals surface area contributed by atoms with E-state index in [9.17, 15) is 18.3 Å². The molecule has 2 nitrogen and oxygen atoms in total. The van der Waals surface area contributed by atoms with Crippen LogP contribution in [0.25, 0.3) is 0 Å². The van der Waals surface area contributed by atoms with E-state index >= 15 is 0 Å². The minimum Gasteiger partial charge on any atom is -0.379 e. The predicted octanol–water partition coefficient (Wildman–Crippen LogP) is 1.64. The van der Waals surface area contributed by atoms with Crippen LogP contribution in [0.3, 0.4) is 0 Å². The third-order valence-corrected chi connectivity index (χ3v) is 2.94. The highest BCUT2D eigenvalue weighted by molar-refractivity contribution is 5.27. The molecule has 0 radical (unpaired) electrons. The van der Waals surface area contributed by atoms with Crippen LogP contribution >= 0.6 is 0 Å². The van der Waals surface area contributed by atoms with Gasteiger partial charge in [0.2, 0.25) is 0 Å². The van der Waals surface area contributed by atoms with E-state index < -0.39 is 23.9 Å². The predicted molar refractivity (Wildman–Crippen MR) is 52.7 cm³/mol. The molecule has 1 unspecified atom stereocenters. The van der Waals surface area contributed by atoms with Gasteiger partial charge in [0.05, 0.1) is 6.54 Å². The fraction of sp³-hybridized carbons (Fsp3) is 0.455. The Hall–Kier alpha value is -1.07. The second-order valence-electron chi connectivity index (χ2n) is 4.00. The molecular weight excluding hydrogens is 219 g/mol. The normalized spacial score (nSPS) is 29.0. The van der Waals surface area contributed by atoms with Crippen LogP contribution in [0.5, 0.6) is 0 Å². The Morgan fingerprint density at radius 3 is 2.38 bits per heavy atom. The minimum atomic E-state index is -3.25. The van der Waals surface area contributed by atoms with Crippen molar-refractivity contribution in [1.29, 1.82) is 0 Å². The molecule has 2 rings (SSSR count). The van der Waals surface area contributed by atoms with Gasteiger partial charge in [-0.2, -0.15) is 0 Å². The topological polar surface area (TPSA) is 32.3 Å². The summed E-state index contributed by atoms with van der Waals surface area (Å²) in [5, 5.41) is 12.6. The quantitative estimate of drug-likeness (QED) is 0.770. The van der Waals surface area contributed by atoms with E-state index in [0.29, 0.717) is 6.54 Å². The zero-order chi connectivity index (χ0) is 11.8. The summed E-state index contributed by atoms with van der Waals surface area (Å²) in [4.78, 5) is 0. The van der Waals surface area contributed by atoms with Crippen molar-refractivity contribution in [3.8, 4) is 0 Å². The summed E-state index contributed by atoms with van der Waals surface area (Å²) in [7, 11) is 0. The Morgan fingerprint density at radius 1 is 1.19 bits per heavy atom. The number of halogens is 3. The second-order valence-corrected chi connectivity index (χ2v) is 4.00. The minimum absolute atomic E-state index is 0.0559. The molecule has 1 fully saturated rings. The second kappa shape index (κ2) is 3.75. The molecule has 88 valence electrons. The summed E-state index contributed by atoms with van der Waals surface area (Å²) >= 11 is 0. The number of benzene rings is 1. The summed E-state index contributed by atoms with van der Waals surface area (Å²) in [6.07, 6.45) is -0.0916. The van der Waals surface area contributed by atoms with Gasteiger partial charge in [-0.15, -0.1) is 0 Å². The van der Waals surface area contributed by atoms with Crippen molar-refractivity contribution in [3.63, 3.8) is 0 Å². The lowest BCUT2D eigenvalue weighted by Crippen LogP contribution is -2.57. The molecule has 1 aliphatic rings. The van der Waals surface area contributed by atoms with Crippen molar-refractivity contribution in [3.05, 3.63) is 35.6 Å². The Morgan fingerprint density at radius 2 is 1.81 bits per heavy atom. The highest BCUT2D eigenvalue weighted by atomic mass is 19.3. The zero-order valence-corrected chi connectivity index (χ0v) is 8.51. The lowest BCUT2D eigenvalue weighted by molar-refractivity contribution is -0.200. The Balaban J connectivity index is 2.39. The van der Waals surface area contributed by atoms with E-state index in [1.54, 1.807) is 0 Å². The number of rotatable bonds is 1. The van der Waals surface area contributed by atoms with Gasteiger partial charge in [0, 0.05) is 0 Å². The van der Waals surface area contributed by atoms with Gasteiger partial charge >= 0.3 is 0 Å². The first-order chi connectivity index (χ1) is 7.46. The molecule has 1 aromatic carbocycles. The maximum Gasteiger partial charge on any atom is 0.292 e. The van der Waals surface area contributed by atoms with Gasteiger partial charge in [-0.3, -0.25) is 0 Å². The van der Waals surface area contributed by atoms with Gasteiger partial charge in [0.1, 0.15) is 5.82 Å². The molecule has 0 spiro atoms. The monoisotopic (exact) mass is 231 g/mol.